The summed E-state index contributed by atoms with van der Waals surface area (Å²) in [7, 11) is 0. The van der Waals surface area contributed by atoms with E-state index in [9.17, 15) is 4.79 Å². The molecule has 0 unspecified atom stereocenters. The Morgan fingerprint density at radius 3 is 2.95 bits per heavy atom. The quantitative estimate of drug-likeness (QED) is 0.863. The zero-order valence-electron chi connectivity index (χ0n) is 11.1. The lowest BCUT2D eigenvalue weighted by atomic mass is 10.3. The van der Waals surface area contributed by atoms with E-state index in [1.807, 2.05) is 30.5 Å². The van der Waals surface area contributed by atoms with E-state index in [4.69, 9.17) is 0 Å². The molecule has 1 saturated carbocycles. The number of nitrogens with zero attached hydrogens (tertiary/aromatic N) is 3. The average Bonchev–Trinajstić information content (AvgIpc) is 3.15. The van der Waals surface area contributed by atoms with Gasteiger partial charge in [0.1, 0.15) is 5.69 Å². The molecular formula is C14H17N5O. The van der Waals surface area contributed by atoms with Crippen molar-refractivity contribution in [3.8, 4) is 11.4 Å². The molecule has 0 atom stereocenters. The number of nitrogens with one attached hydrogen (secondary N) is 2. The maximum atomic E-state index is 11.4. The van der Waals surface area contributed by atoms with Crippen molar-refractivity contribution in [2.45, 2.75) is 25.4 Å². The minimum absolute atomic E-state index is 0.0930. The minimum atomic E-state index is -0.0930. The van der Waals surface area contributed by atoms with E-state index in [-0.39, 0.29) is 6.03 Å². The lowest BCUT2D eigenvalue weighted by Gasteiger charge is -2.06. The van der Waals surface area contributed by atoms with Crippen molar-refractivity contribution in [1.29, 1.82) is 0 Å². The summed E-state index contributed by atoms with van der Waals surface area (Å²) in [5, 5.41) is 10.1. The third-order valence-electron chi connectivity index (χ3n) is 3.11. The van der Waals surface area contributed by atoms with Gasteiger partial charge in [-0.05, 0) is 31.0 Å². The summed E-state index contributed by atoms with van der Waals surface area (Å²) < 4.78 is 1.81. The Morgan fingerprint density at radius 1 is 1.30 bits per heavy atom. The van der Waals surface area contributed by atoms with E-state index in [0.29, 0.717) is 19.1 Å². The first-order valence-electron chi connectivity index (χ1n) is 6.80. The van der Waals surface area contributed by atoms with Gasteiger partial charge in [-0.3, -0.25) is 9.67 Å². The molecule has 2 aromatic rings. The molecule has 0 spiro atoms. The van der Waals surface area contributed by atoms with Crippen LogP contribution in [-0.4, -0.2) is 33.4 Å². The molecule has 0 radical (unpaired) electrons. The zero-order valence-corrected chi connectivity index (χ0v) is 11.1. The molecule has 2 amide bonds. The van der Waals surface area contributed by atoms with E-state index in [2.05, 4.69) is 20.7 Å². The van der Waals surface area contributed by atoms with Crippen LogP contribution >= 0.6 is 0 Å². The molecule has 1 aliphatic carbocycles. The number of urea groups is 1. The first-order valence-corrected chi connectivity index (χ1v) is 6.80. The molecule has 6 heteroatoms. The molecule has 1 fully saturated rings. The zero-order chi connectivity index (χ0) is 13.8. The largest absolute Gasteiger partial charge is 0.336 e. The van der Waals surface area contributed by atoms with E-state index in [1.165, 1.54) is 0 Å². The number of hydrogen-bond donors (Lipinski definition) is 2. The van der Waals surface area contributed by atoms with Gasteiger partial charge in [0, 0.05) is 25.0 Å². The Bertz CT molecular complexity index is 576. The van der Waals surface area contributed by atoms with Crippen molar-refractivity contribution < 1.29 is 4.79 Å². The van der Waals surface area contributed by atoms with Crippen LogP contribution in [0.2, 0.25) is 0 Å². The number of amides is 2. The Labute approximate surface area is 117 Å². The van der Waals surface area contributed by atoms with Crippen LogP contribution in [0.15, 0.2) is 36.7 Å². The normalized spacial score (nSPS) is 14.0. The summed E-state index contributed by atoms with van der Waals surface area (Å²) in [4.78, 5) is 15.7. The number of pyridine rings is 1. The van der Waals surface area contributed by atoms with Crippen molar-refractivity contribution in [2.75, 3.05) is 6.54 Å². The van der Waals surface area contributed by atoms with Gasteiger partial charge in [-0.1, -0.05) is 6.07 Å². The highest BCUT2D eigenvalue weighted by Gasteiger charge is 2.22. The molecule has 1 aliphatic rings. The summed E-state index contributed by atoms with van der Waals surface area (Å²) in [6.07, 6.45) is 5.84. The van der Waals surface area contributed by atoms with Gasteiger partial charge in [-0.2, -0.15) is 5.10 Å². The van der Waals surface area contributed by atoms with Crippen LogP contribution < -0.4 is 10.6 Å². The number of carbonyl (C=O) groups is 1. The third kappa shape index (κ3) is 3.34. The Morgan fingerprint density at radius 2 is 2.20 bits per heavy atom. The van der Waals surface area contributed by atoms with Crippen LogP contribution in [0.5, 0.6) is 0 Å². The average molecular weight is 271 g/mol. The number of aromatic nitrogens is 3. The topological polar surface area (TPSA) is 71.8 Å². The van der Waals surface area contributed by atoms with E-state index >= 15 is 0 Å². The van der Waals surface area contributed by atoms with Gasteiger partial charge in [-0.15, -0.1) is 0 Å². The highest BCUT2D eigenvalue weighted by atomic mass is 16.2. The van der Waals surface area contributed by atoms with Crippen molar-refractivity contribution >= 4 is 6.03 Å². The van der Waals surface area contributed by atoms with E-state index in [1.54, 1.807) is 10.9 Å². The van der Waals surface area contributed by atoms with E-state index in [0.717, 1.165) is 24.2 Å². The van der Waals surface area contributed by atoms with Gasteiger partial charge >= 0.3 is 6.03 Å². The van der Waals surface area contributed by atoms with E-state index < -0.39 is 0 Å². The SMILES string of the molecule is O=C(NCCn1ccc(-c2ccccn2)n1)NC1CC1. The standard InChI is InChI=1S/C14H17N5O/c20-14(17-11-4-5-11)16-8-10-19-9-6-13(18-19)12-3-1-2-7-15-12/h1-3,6-7,9,11H,4-5,8,10H2,(H2,16,17,20). The molecule has 0 bridgehead atoms. The van der Waals surface area contributed by atoms with Crippen molar-refractivity contribution in [3.05, 3.63) is 36.7 Å². The highest BCUT2D eigenvalue weighted by molar-refractivity contribution is 5.74. The van der Waals surface area contributed by atoms with Gasteiger partial charge in [0.2, 0.25) is 0 Å². The predicted molar refractivity (Wildman–Crippen MR) is 75.0 cm³/mol. The highest BCUT2D eigenvalue weighted by Crippen LogP contribution is 2.18. The van der Waals surface area contributed by atoms with Gasteiger partial charge < -0.3 is 10.6 Å². The lowest BCUT2D eigenvalue weighted by Crippen LogP contribution is -2.38. The second-order valence-corrected chi connectivity index (χ2v) is 4.85. The van der Waals surface area contributed by atoms with Crippen LogP contribution in [0.4, 0.5) is 4.79 Å². The second kappa shape index (κ2) is 5.73. The molecule has 0 aromatic carbocycles. The van der Waals surface area contributed by atoms with Crippen LogP contribution in [0.3, 0.4) is 0 Å². The van der Waals surface area contributed by atoms with Crippen LogP contribution in [0.25, 0.3) is 11.4 Å². The molecule has 104 valence electrons. The molecule has 0 saturated heterocycles. The fraction of sp³-hybridized carbons (Fsp3) is 0.357. The maximum Gasteiger partial charge on any atom is 0.315 e. The van der Waals surface area contributed by atoms with Crippen LogP contribution in [-0.2, 0) is 6.54 Å². The minimum Gasteiger partial charge on any atom is -0.336 e. The van der Waals surface area contributed by atoms with Crippen LogP contribution in [0.1, 0.15) is 12.8 Å². The third-order valence-corrected chi connectivity index (χ3v) is 3.11. The molecule has 6 nitrogen and oxygen atoms in total. The van der Waals surface area contributed by atoms with Crippen molar-refractivity contribution in [1.82, 2.24) is 25.4 Å². The Hall–Kier alpha value is -2.37. The lowest BCUT2D eigenvalue weighted by molar-refractivity contribution is 0.240. The Balaban J connectivity index is 1.48. The summed E-state index contributed by atoms with van der Waals surface area (Å²) >= 11 is 0. The molecular weight excluding hydrogens is 254 g/mol. The predicted octanol–water partition coefficient (Wildman–Crippen LogP) is 1.41. The summed E-state index contributed by atoms with van der Waals surface area (Å²) in [5.41, 5.74) is 1.69. The maximum absolute atomic E-state index is 11.4. The fourth-order valence-electron chi connectivity index (χ4n) is 1.89. The molecule has 2 heterocycles. The first-order chi connectivity index (χ1) is 9.81. The number of rotatable bonds is 5. The van der Waals surface area contributed by atoms with Gasteiger partial charge in [-0.25, -0.2) is 4.79 Å². The monoisotopic (exact) mass is 271 g/mol. The fourth-order valence-corrected chi connectivity index (χ4v) is 1.89. The molecule has 2 aromatic heterocycles. The van der Waals surface area contributed by atoms with Crippen molar-refractivity contribution in [2.24, 2.45) is 0 Å². The molecule has 20 heavy (non-hydrogen) atoms. The van der Waals surface area contributed by atoms with Gasteiger partial charge in [0.25, 0.3) is 0 Å². The van der Waals surface area contributed by atoms with Crippen molar-refractivity contribution in [3.63, 3.8) is 0 Å². The number of carbonyl (C=O) groups excluding carboxylic acids is 1. The Kier molecular flexibility index (Phi) is 3.62. The molecule has 2 N–H and O–H groups in total. The molecule has 0 aliphatic heterocycles. The first kappa shape index (κ1) is 12.7. The smallest absolute Gasteiger partial charge is 0.315 e. The van der Waals surface area contributed by atoms with Gasteiger partial charge in [0.05, 0.1) is 12.2 Å². The van der Waals surface area contributed by atoms with Gasteiger partial charge in [0.15, 0.2) is 0 Å². The molecule has 3 rings (SSSR count). The number of hydrogen-bond acceptors (Lipinski definition) is 3. The summed E-state index contributed by atoms with van der Waals surface area (Å²) in [6, 6.07) is 7.95. The summed E-state index contributed by atoms with van der Waals surface area (Å²) in [6.45, 7) is 1.20. The summed E-state index contributed by atoms with van der Waals surface area (Å²) in [5.74, 6) is 0. The second-order valence-electron chi connectivity index (χ2n) is 4.85. The van der Waals surface area contributed by atoms with Crippen LogP contribution in [0, 0.1) is 0 Å².